The summed E-state index contributed by atoms with van der Waals surface area (Å²) in [6.45, 7) is 0. The van der Waals surface area contributed by atoms with E-state index >= 15 is 0 Å². The van der Waals surface area contributed by atoms with Crippen molar-refractivity contribution in [1.29, 1.82) is 0 Å². The molecule has 25 heavy (non-hydrogen) atoms. The number of aliphatic carboxylic acids is 1. The van der Waals surface area contributed by atoms with Crippen LogP contribution >= 0.6 is 11.8 Å². The Morgan fingerprint density at radius 2 is 2.28 bits per heavy atom. The van der Waals surface area contributed by atoms with E-state index < -0.39 is 33.5 Å². The molecular formula is C13H12N4O7S. The second-order valence-corrected chi connectivity index (χ2v) is 5.88. The van der Waals surface area contributed by atoms with Crippen molar-refractivity contribution in [2.24, 2.45) is 10.2 Å². The number of carbonyl (C=O) groups excluding carboxylic acids is 1. The highest BCUT2D eigenvalue weighted by Crippen LogP contribution is 2.36. The fraction of sp³-hybridized carbons (Fsp3) is 0.231. The second-order valence-electron chi connectivity index (χ2n) is 4.69. The summed E-state index contributed by atoms with van der Waals surface area (Å²) in [4.78, 5) is 32.3. The van der Waals surface area contributed by atoms with E-state index in [1.807, 2.05) is 0 Å². The predicted octanol–water partition coefficient (Wildman–Crippen LogP) is 0.705. The van der Waals surface area contributed by atoms with Gasteiger partial charge >= 0.3 is 11.7 Å². The van der Waals surface area contributed by atoms with Crippen LogP contribution in [-0.2, 0) is 9.59 Å². The number of benzene rings is 1. The van der Waals surface area contributed by atoms with E-state index in [-0.39, 0.29) is 22.9 Å². The number of phenolic OH excluding ortho intramolecular Hbond substituents is 1. The molecule has 1 atom stereocenters. The third-order valence-electron chi connectivity index (χ3n) is 2.99. The number of amidine groups is 1. The number of rotatable bonds is 6. The van der Waals surface area contributed by atoms with Crippen molar-refractivity contribution < 1.29 is 29.5 Å². The number of nitro groups is 1. The molecular weight excluding hydrogens is 356 g/mol. The van der Waals surface area contributed by atoms with Gasteiger partial charge in [-0.05, 0) is 6.07 Å². The van der Waals surface area contributed by atoms with Crippen LogP contribution in [-0.4, -0.2) is 50.8 Å². The Morgan fingerprint density at radius 1 is 1.56 bits per heavy atom. The maximum Gasteiger partial charge on any atom is 0.315 e. The molecule has 0 saturated carbocycles. The number of carboxylic acid groups (broad SMARTS) is 1. The highest BCUT2D eigenvalue weighted by Gasteiger charge is 2.32. The molecule has 3 N–H and O–H groups in total. The Bertz CT molecular complexity index is 793. The number of amides is 1. The van der Waals surface area contributed by atoms with Gasteiger partial charge in [0.25, 0.3) is 0 Å². The molecule has 1 aliphatic rings. The number of nitrogens with one attached hydrogen (secondary N) is 1. The smallest absolute Gasteiger partial charge is 0.315 e. The minimum Gasteiger partial charge on any atom is -0.500 e. The molecule has 1 unspecified atom stereocenters. The maximum absolute atomic E-state index is 11.5. The lowest BCUT2D eigenvalue weighted by Gasteiger charge is -2.04. The lowest BCUT2D eigenvalue weighted by molar-refractivity contribution is -0.386. The SMILES string of the molecule is COc1cc(C=NN=C2NC(=O)C(CC(=O)O)S2)cc([N+](=O)[O-])c1O. The monoisotopic (exact) mass is 368 g/mol. The van der Waals surface area contributed by atoms with E-state index in [1.54, 1.807) is 0 Å². The van der Waals surface area contributed by atoms with Gasteiger partial charge in [0.15, 0.2) is 10.9 Å². The molecule has 0 aromatic heterocycles. The summed E-state index contributed by atoms with van der Waals surface area (Å²) in [5.74, 6) is -2.30. The fourth-order valence-electron chi connectivity index (χ4n) is 1.88. The van der Waals surface area contributed by atoms with E-state index in [0.717, 1.165) is 17.8 Å². The van der Waals surface area contributed by atoms with E-state index in [0.29, 0.717) is 0 Å². The molecule has 1 heterocycles. The van der Waals surface area contributed by atoms with Crippen LogP contribution in [0.1, 0.15) is 12.0 Å². The summed E-state index contributed by atoms with van der Waals surface area (Å²) in [7, 11) is 1.24. The van der Waals surface area contributed by atoms with Crippen molar-refractivity contribution >= 4 is 40.7 Å². The first-order valence-electron chi connectivity index (χ1n) is 6.67. The van der Waals surface area contributed by atoms with E-state index in [2.05, 4.69) is 15.5 Å². The van der Waals surface area contributed by atoms with Crippen molar-refractivity contribution in [2.45, 2.75) is 11.7 Å². The van der Waals surface area contributed by atoms with Gasteiger partial charge in [-0.2, -0.15) is 5.10 Å². The number of nitro benzene ring substituents is 1. The van der Waals surface area contributed by atoms with Crippen molar-refractivity contribution in [2.75, 3.05) is 7.11 Å². The quantitative estimate of drug-likeness (QED) is 0.375. The second kappa shape index (κ2) is 7.61. The number of carbonyl (C=O) groups is 2. The molecule has 0 bridgehead atoms. The van der Waals surface area contributed by atoms with Crippen LogP contribution in [0.15, 0.2) is 22.3 Å². The van der Waals surface area contributed by atoms with E-state index in [9.17, 15) is 24.8 Å². The van der Waals surface area contributed by atoms with Gasteiger partial charge < -0.3 is 20.3 Å². The number of hydrogen-bond donors (Lipinski definition) is 3. The standard InChI is InChI=1S/C13H12N4O7S/c1-24-8-3-6(2-7(11(8)20)17(22)23)5-14-16-13-15-12(21)9(25-13)4-10(18)19/h2-3,5,9,20H,4H2,1H3,(H,18,19)(H,15,16,21). The Morgan fingerprint density at radius 3 is 2.88 bits per heavy atom. The Balaban J connectivity index is 2.17. The van der Waals surface area contributed by atoms with Crippen LogP contribution in [0.5, 0.6) is 11.5 Å². The number of ether oxygens (including phenoxy) is 1. The first-order chi connectivity index (χ1) is 11.8. The normalized spacial score (nSPS) is 18.5. The van der Waals surface area contributed by atoms with Crippen LogP contribution in [0.2, 0.25) is 0 Å². The summed E-state index contributed by atoms with van der Waals surface area (Å²) < 4.78 is 4.85. The Kier molecular flexibility index (Phi) is 5.54. The molecule has 1 fully saturated rings. The summed E-state index contributed by atoms with van der Waals surface area (Å²) in [5.41, 5.74) is -0.319. The molecule has 1 saturated heterocycles. The number of methoxy groups -OCH3 is 1. The van der Waals surface area contributed by atoms with Gasteiger partial charge in [0.1, 0.15) is 5.25 Å². The van der Waals surface area contributed by atoms with E-state index in [4.69, 9.17) is 9.84 Å². The van der Waals surface area contributed by atoms with Gasteiger partial charge in [0, 0.05) is 11.6 Å². The van der Waals surface area contributed by atoms with Crippen LogP contribution in [0.25, 0.3) is 0 Å². The lowest BCUT2D eigenvalue weighted by atomic mass is 10.2. The van der Waals surface area contributed by atoms with Crippen LogP contribution in [0.3, 0.4) is 0 Å². The van der Waals surface area contributed by atoms with Crippen molar-refractivity contribution in [3.8, 4) is 11.5 Å². The third-order valence-corrected chi connectivity index (χ3v) is 4.06. The number of aromatic hydroxyl groups is 1. The molecule has 2 rings (SSSR count). The number of phenols is 1. The Hall–Kier alpha value is -3.15. The van der Waals surface area contributed by atoms with Crippen molar-refractivity contribution in [3.05, 3.63) is 27.8 Å². The number of hydrogen-bond acceptors (Lipinski definition) is 9. The molecule has 0 aliphatic carbocycles. The fourth-order valence-corrected chi connectivity index (χ4v) is 2.79. The van der Waals surface area contributed by atoms with Crippen LogP contribution in [0.4, 0.5) is 5.69 Å². The molecule has 1 aromatic carbocycles. The molecule has 132 valence electrons. The largest absolute Gasteiger partial charge is 0.500 e. The van der Waals surface area contributed by atoms with Gasteiger partial charge in [-0.25, -0.2) is 0 Å². The average Bonchev–Trinajstić information content (AvgIpc) is 2.87. The predicted molar refractivity (Wildman–Crippen MR) is 88.1 cm³/mol. The lowest BCUT2D eigenvalue weighted by Crippen LogP contribution is -2.26. The van der Waals surface area contributed by atoms with Gasteiger partial charge in [0.05, 0.1) is 24.7 Å². The molecule has 11 nitrogen and oxygen atoms in total. The molecule has 0 spiro atoms. The zero-order valence-electron chi connectivity index (χ0n) is 12.7. The van der Waals surface area contributed by atoms with Crippen molar-refractivity contribution in [1.82, 2.24) is 5.32 Å². The first kappa shape index (κ1) is 18.2. The van der Waals surface area contributed by atoms with E-state index in [1.165, 1.54) is 19.4 Å². The summed E-state index contributed by atoms with van der Waals surface area (Å²) >= 11 is 0.922. The highest BCUT2D eigenvalue weighted by atomic mass is 32.2. The van der Waals surface area contributed by atoms with Crippen LogP contribution < -0.4 is 10.1 Å². The zero-order chi connectivity index (χ0) is 18.6. The van der Waals surface area contributed by atoms with Crippen molar-refractivity contribution in [3.63, 3.8) is 0 Å². The molecule has 1 aliphatic heterocycles. The molecule has 12 heteroatoms. The summed E-state index contributed by atoms with van der Waals surface area (Å²) in [6.07, 6.45) is 0.819. The zero-order valence-corrected chi connectivity index (χ0v) is 13.5. The van der Waals surface area contributed by atoms with Gasteiger partial charge in [-0.1, -0.05) is 11.8 Å². The number of carboxylic acids is 1. The molecule has 1 amide bonds. The van der Waals surface area contributed by atoms with Gasteiger partial charge in [0.2, 0.25) is 11.7 Å². The number of thioether (sulfide) groups is 1. The minimum atomic E-state index is -1.11. The minimum absolute atomic E-state index is 0.103. The topological polar surface area (TPSA) is 164 Å². The van der Waals surface area contributed by atoms with Gasteiger partial charge in [-0.15, -0.1) is 5.10 Å². The molecule has 0 radical (unpaired) electrons. The van der Waals surface area contributed by atoms with Gasteiger partial charge in [-0.3, -0.25) is 19.7 Å². The van der Waals surface area contributed by atoms with Crippen LogP contribution in [0, 0.1) is 10.1 Å². The number of nitrogens with zero attached hydrogens (tertiary/aromatic N) is 3. The summed E-state index contributed by atoms with van der Waals surface area (Å²) in [6, 6.07) is 2.40. The summed E-state index contributed by atoms with van der Waals surface area (Å²) in [5, 5.41) is 38.4. The third kappa shape index (κ3) is 4.44. The maximum atomic E-state index is 11.5. The first-order valence-corrected chi connectivity index (χ1v) is 7.55. The average molecular weight is 368 g/mol. The Labute approximate surface area is 144 Å². The molecule has 1 aromatic rings. The highest BCUT2D eigenvalue weighted by molar-refractivity contribution is 8.15.